The molecule has 0 spiro atoms. The van der Waals surface area contributed by atoms with Crippen molar-refractivity contribution in [3.05, 3.63) is 35.4 Å². The molecule has 0 saturated heterocycles. The summed E-state index contributed by atoms with van der Waals surface area (Å²) in [4.78, 5) is 11.8. The molecule has 15 heavy (non-hydrogen) atoms. The Hall–Kier alpha value is -1.35. The maximum atomic E-state index is 11.8. The molecule has 0 aliphatic heterocycles. The number of hydrazine groups is 1. The highest BCUT2D eigenvalue weighted by atomic mass is 16.2. The van der Waals surface area contributed by atoms with Crippen molar-refractivity contribution in [1.82, 2.24) is 10.4 Å². The predicted molar refractivity (Wildman–Crippen MR) is 61.6 cm³/mol. The van der Waals surface area contributed by atoms with Gasteiger partial charge in [0.25, 0.3) is 5.91 Å². The van der Waals surface area contributed by atoms with Gasteiger partial charge < -0.3 is 0 Å². The SMILES string of the molecule is CCN(CC)NC(=O)c1cccc(C)c1. The summed E-state index contributed by atoms with van der Waals surface area (Å²) in [7, 11) is 0. The molecule has 0 fully saturated rings. The number of aryl methyl sites for hydroxylation is 1. The van der Waals surface area contributed by atoms with Gasteiger partial charge in [-0.2, -0.15) is 0 Å². The average molecular weight is 206 g/mol. The minimum absolute atomic E-state index is 0.0394. The predicted octanol–water partition coefficient (Wildman–Crippen LogP) is 1.98. The lowest BCUT2D eigenvalue weighted by atomic mass is 10.1. The van der Waals surface area contributed by atoms with E-state index in [1.165, 1.54) is 0 Å². The zero-order valence-corrected chi connectivity index (χ0v) is 9.58. The van der Waals surface area contributed by atoms with Gasteiger partial charge in [0.05, 0.1) is 0 Å². The number of hydrogen-bond acceptors (Lipinski definition) is 2. The summed E-state index contributed by atoms with van der Waals surface area (Å²) in [5, 5.41) is 1.88. The second-order valence-electron chi connectivity index (χ2n) is 3.48. The van der Waals surface area contributed by atoms with Crippen molar-refractivity contribution in [3.63, 3.8) is 0 Å². The number of amides is 1. The van der Waals surface area contributed by atoms with Crippen LogP contribution in [0, 0.1) is 6.92 Å². The molecular weight excluding hydrogens is 188 g/mol. The lowest BCUT2D eigenvalue weighted by Gasteiger charge is -2.19. The van der Waals surface area contributed by atoms with Crippen LogP contribution in [0.15, 0.2) is 24.3 Å². The van der Waals surface area contributed by atoms with E-state index in [4.69, 9.17) is 0 Å². The smallest absolute Gasteiger partial charge is 0.265 e. The van der Waals surface area contributed by atoms with E-state index >= 15 is 0 Å². The van der Waals surface area contributed by atoms with Crippen molar-refractivity contribution >= 4 is 5.91 Å². The van der Waals surface area contributed by atoms with E-state index in [0.29, 0.717) is 5.56 Å². The Bertz CT molecular complexity index is 332. The normalized spacial score (nSPS) is 10.4. The first-order valence-electron chi connectivity index (χ1n) is 5.30. The number of carbonyl (C=O) groups excluding carboxylic acids is 1. The molecule has 0 saturated carbocycles. The molecule has 0 heterocycles. The van der Waals surface area contributed by atoms with Gasteiger partial charge in [-0.1, -0.05) is 31.5 Å². The zero-order chi connectivity index (χ0) is 11.3. The Morgan fingerprint density at radius 1 is 1.33 bits per heavy atom. The van der Waals surface area contributed by atoms with Gasteiger partial charge in [-0.15, -0.1) is 0 Å². The lowest BCUT2D eigenvalue weighted by molar-refractivity contribution is 0.0805. The van der Waals surface area contributed by atoms with E-state index in [1.807, 2.05) is 50.0 Å². The summed E-state index contributed by atoms with van der Waals surface area (Å²) in [6, 6.07) is 7.59. The Morgan fingerprint density at radius 3 is 2.53 bits per heavy atom. The quantitative estimate of drug-likeness (QED) is 0.764. The van der Waals surface area contributed by atoms with Crippen LogP contribution in [0.3, 0.4) is 0 Å². The number of carbonyl (C=O) groups is 1. The first-order chi connectivity index (χ1) is 7.17. The van der Waals surface area contributed by atoms with Crippen LogP contribution < -0.4 is 5.43 Å². The number of nitrogens with zero attached hydrogens (tertiary/aromatic N) is 1. The van der Waals surface area contributed by atoms with Gasteiger partial charge in [0.1, 0.15) is 0 Å². The van der Waals surface area contributed by atoms with E-state index in [-0.39, 0.29) is 5.91 Å². The summed E-state index contributed by atoms with van der Waals surface area (Å²) in [5.74, 6) is -0.0394. The van der Waals surface area contributed by atoms with Gasteiger partial charge >= 0.3 is 0 Å². The van der Waals surface area contributed by atoms with Crippen LogP contribution in [0.2, 0.25) is 0 Å². The fraction of sp³-hybridized carbons (Fsp3) is 0.417. The third kappa shape index (κ3) is 3.36. The summed E-state index contributed by atoms with van der Waals surface area (Å²) in [6.45, 7) is 7.64. The van der Waals surface area contributed by atoms with Gasteiger partial charge in [0.15, 0.2) is 0 Å². The van der Waals surface area contributed by atoms with Crippen LogP contribution in [-0.4, -0.2) is 24.0 Å². The van der Waals surface area contributed by atoms with Crippen LogP contribution in [-0.2, 0) is 0 Å². The molecule has 0 unspecified atom stereocenters. The molecule has 1 aromatic carbocycles. The molecular formula is C12H18N2O. The standard InChI is InChI=1S/C12H18N2O/c1-4-14(5-2)13-12(15)11-8-6-7-10(3)9-11/h6-9H,4-5H2,1-3H3,(H,13,15). The molecule has 0 aromatic heterocycles. The first-order valence-corrected chi connectivity index (χ1v) is 5.30. The minimum atomic E-state index is -0.0394. The zero-order valence-electron chi connectivity index (χ0n) is 9.58. The molecule has 1 rings (SSSR count). The minimum Gasteiger partial charge on any atom is -0.285 e. The molecule has 0 radical (unpaired) electrons. The molecule has 0 bridgehead atoms. The lowest BCUT2D eigenvalue weighted by Crippen LogP contribution is -2.41. The summed E-state index contributed by atoms with van der Waals surface area (Å²) >= 11 is 0. The number of hydrogen-bond donors (Lipinski definition) is 1. The number of benzene rings is 1. The van der Waals surface area contributed by atoms with Crippen molar-refractivity contribution in [2.24, 2.45) is 0 Å². The second-order valence-corrected chi connectivity index (χ2v) is 3.48. The Labute approximate surface area is 91.1 Å². The molecule has 1 aromatic rings. The maximum Gasteiger partial charge on any atom is 0.265 e. The molecule has 3 nitrogen and oxygen atoms in total. The molecule has 82 valence electrons. The number of nitrogens with one attached hydrogen (secondary N) is 1. The molecule has 3 heteroatoms. The highest BCUT2D eigenvalue weighted by Crippen LogP contribution is 2.03. The summed E-state index contributed by atoms with van der Waals surface area (Å²) in [6.07, 6.45) is 0. The van der Waals surface area contributed by atoms with Gasteiger partial charge in [0.2, 0.25) is 0 Å². The molecule has 0 atom stereocenters. The fourth-order valence-electron chi connectivity index (χ4n) is 1.38. The van der Waals surface area contributed by atoms with Gasteiger partial charge in [-0.25, -0.2) is 5.01 Å². The van der Waals surface area contributed by atoms with Crippen molar-refractivity contribution in [3.8, 4) is 0 Å². The van der Waals surface area contributed by atoms with Gasteiger partial charge in [-0.3, -0.25) is 10.2 Å². The number of rotatable bonds is 4. The summed E-state index contributed by atoms with van der Waals surface area (Å²) < 4.78 is 0. The summed E-state index contributed by atoms with van der Waals surface area (Å²) in [5.41, 5.74) is 4.66. The van der Waals surface area contributed by atoms with Gasteiger partial charge in [-0.05, 0) is 19.1 Å². The monoisotopic (exact) mass is 206 g/mol. The Morgan fingerprint density at radius 2 is 2.00 bits per heavy atom. The fourth-order valence-corrected chi connectivity index (χ4v) is 1.38. The van der Waals surface area contributed by atoms with E-state index in [0.717, 1.165) is 18.7 Å². The third-order valence-corrected chi connectivity index (χ3v) is 2.30. The van der Waals surface area contributed by atoms with Crippen LogP contribution in [0.5, 0.6) is 0 Å². The highest BCUT2D eigenvalue weighted by Gasteiger charge is 2.07. The largest absolute Gasteiger partial charge is 0.285 e. The van der Waals surface area contributed by atoms with Crippen molar-refractivity contribution in [2.75, 3.05) is 13.1 Å². The average Bonchev–Trinajstić information content (AvgIpc) is 2.25. The molecule has 1 N–H and O–H groups in total. The second kappa shape index (κ2) is 5.51. The molecule has 0 aliphatic rings. The van der Waals surface area contributed by atoms with Crippen molar-refractivity contribution in [1.29, 1.82) is 0 Å². The van der Waals surface area contributed by atoms with E-state index in [9.17, 15) is 4.79 Å². The molecule has 1 amide bonds. The van der Waals surface area contributed by atoms with Gasteiger partial charge in [0, 0.05) is 18.7 Å². The maximum absolute atomic E-state index is 11.8. The van der Waals surface area contributed by atoms with Crippen LogP contribution in [0.4, 0.5) is 0 Å². The molecule has 0 aliphatic carbocycles. The van der Waals surface area contributed by atoms with E-state index in [2.05, 4.69) is 5.43 Å². The topological polar surface area (TPSA) is 32.3 Å². The van der Waals surface area contributed by atoms with Crippen LogP contribution in [0.25, 0.3) is 0 Å². The Balaban J connectivity index is 2.68. The third-order valence-electron chi connectivity index (χ3n) is 2.30. The first kappa shape index (κ1) is 11.7. The van der Waals surface area contributed by atoms with Crippen molar-refractivity contribution in [2.45, 2.75) is 20.8 Å². The highest BCUT2D eigenvalue weighted by molar-refractivity contribution is 5.93. The van der Waals surface area contributed by atoms with Crippen LogP contribution in [0.1, 0.15) is 29.8 Å². The van der Waals surface area contributed by atoms with E-state index < -0.39 is 0 Å². The van der Waals surface area contributed by atoms with Crippen molar-refractivity contribution < 1.29 is 4.79 Å². The Kier molecular flexibility index (Phi) is 4.31. The van der Waals surface area contributed by atoms with Crippen LogP contribution >= 0.6 is 0 Å². The van der Waals surface area contributed by atoms with E-state index in [1.54, 1.807) is 0 Å².